The molecule has 13 heavy (non-hydrogen) atoms. The topological polar surface area (TPSA) is 22.4 Å². The maximum absolute atomic E-state index is 5.56. The van der Waals surface area contributed by atoms with Crippen molar-refractivity contribution >= 4 is 0 Å². The van der Waals surface area contributed by atoms with Gasteiger partial charge in [-0.25, -0.2) is 0 Å². The van der Waals surface area contributed by atoms with E-state index in [4.69, 9.17) is 9.15 Å². The van der Waals surface area contributed by atoms with Crippen LogP contribution in [0.3, 0.4) is 0 Å². The normalized spacial score (nSPS) is 19.8. The molecule has 2 heterocycles. The molecule has 1 aliphatic heterocycles. The number of hydrogen-bond donors (Lipinski definition) is 0. The van der Waals surface area contributed by atoms with Crippen molar-refractivity contribution in [1.82, 2.24) is 0 Å². The second-order valence-electron chi connectivity index (χ2n) is 4.04. The molecule has 0 unspecified atom stereocenters. The molecule has 1 aliphatic rings. The van der Waals surface area contributed by atoms with E-state index in [-0.39, 0.29) is 0 Å². The van der Waals surface area contributed by atoms with E-state index in [0.29, 0.717) is 5.41 Å². The second kappa shape index (κ2) is 3.18. The van der Waals surface area contributed by atoms with Crippen molar-refractivity contribution in [3.8, 4) is 0 Å². The average Bonchev–Trinajstić information content (AvgIpc) is 2.44. The minimum atomic E-state index is 0.365. The molecule has 0 spiro atoms. The summed E-state index contributed by atoms with van der Waals surface area (Å²) in [6, 6.07) is 4.10. The van der Waals surface area contributed by atoms with Crippen LogP contribution in [0.2, 0.25) is 0 Å². The minimum Gasteiger partial charge on any atom is -0.466 e. The molecule has 0 radical (unpaired) electrons. The summed E-state index contributed by atoms with van der Waals surface area (Å²) in [6.07, 6.45) is 2.20. The maximum Gasteiger partial charge on any atom is 0.104 e. The molecule has 0 saturated carbocycles. The van der Waals surface area contributed by atoms with Gasteiger partial charge in [-0.3, -0.25) is 0 Å². The van der Waals surface area contributed by atoms with Crippen LogP contribution in [-0.4, -0.2) is 13.2 Å². The van der Waals surface area contributed by atoms with Gasteiger partial charge >= 0.3 is 0 Å². The van der Waals surface area contributed by atoms with Gasteiger partial charge < -0.3 is 9.15 Å². The lowest BCUT2D eigenvalue weighted by molar-refractivity contribution is -0.116. The molecule has 0 amide bonds. The van der Waals surface area contributed by atoms with E-state index in [1.54, 1.807) is 0 Å². The molecule has 0 aromatic carbocycles. The summed E-state index contributed by atoms with van der Waals surface area (Å²) >= 11 is 0. The van der Waals surface area contributed by atoms with Gasteiger partial charge in [-0.1, -0.05) is 6.92 Å². The number of aryl methyl sites for hydroxylation is 1. The van der Waals surface area contributed by atoms with Gasteiger partial charge in [0, 0.05) is 11.8 Å². The highest BCUT2D eigenvalue weighted by molar-refractivity contribution is 5.08. The smallest absolute Gasteiger partial charge is 0.104 e. The molecule has 2 heteroatoms. The minimum absolute atomic E-state index is 0.365. The molecular formula is C11H16O2. The zero-order valence-electron chi connectivity index (χ0n) is 8.30. The Balaban J connectivity index is 2.04. The fraction of sp³-hybridized carbons (Fsp3) is 0.636. The van der Waals surface area contributed by atoms with Gasteiger partial charge in [-0.05, 0) is 25.5 Å². The highest BCUT2D eigenvalue weighted by Crippen LogP contribution is 2.35. The van der Waals surface area contributed by atoms with E-state index < -0.39 is 0 Å². The Morgan fingerprint density at radius 2 is 2.15 bits per heavy atom. The van der Waals surface area contributed by atoms with Crippen LogP contribution < -0.4 is 0 Å². The van der Waals surface area contributed by atoms with E-state index in [0.717, 1.165) is 31.2 Å². The molecule has 0 aliphatic carbocycles. The van der Waals surface area contributed by atoms with Gasteiger partial charge in [-0.15, -0.1) is 0 Å². The van der Waals surface area contributed by atoms with Gasteiger partial charge in [0.1, 0.15) is 11.5 Å². The number of ether oxygens (including phenoxy) is 1. The fourth-order valence-corrected chi connectivity index (χ4v) is 1.77. The maximum atomic E-state index is 5.56. The first kappa shape index (κ1) is 8.82. The summed E-state index contributed by atoms with van der Waals surface area (Å²) < 4.78 is 10.8. The summed E-state index contributed by atoms with van der Waals surface area (Å²) in [5.41, 5.74) is 0.365. The molecule has 72 valence electrons. The summed E-state index contributed by atoms with van der Waals surface area (Å²) in [5, 5.41) is 0. The van der Waals surface area contributed by atoms with Crippen molar-refractivity contribution in [2.45, 2.75) is 26.7 Å². The summed E-state index contributed by atoms with van der Waals surface area (Å²) in [5.74, 6) is 2.10. The fourth-order valence-electron chi connectivity index (χ4n) is 1.77. The molecule has 0 atom stereocenters. The Morgan fingerprint density at radius 3 is 2.54 bits per heavy atom. The largest absolute Gasteiger partial charge is 0.466 e. The molecule has 0 N–H and O–H groups in total. The van der Waals surface area contributed by atoms with Crippen molar-refractivity contribution in [3.63, 3.8) is 0 Å². The molecule has 1 aromatic heterocycles. The lowest BCUT2D eigenvalue weighted by atomic mass is 9.79. The van der Waals surface area contributed by atoms with Crippen LogP contribution in [0.25, 0.3) is 0 Å². The van der Waals surface area contributed by atoms with Crippen molar-refractivity contribution in [1.29, 1.82) is 0 Å². The number of rotatable bonds is 3. The van der Waals surface area contributed by atoms with Gasteiger partial charge in [0.25, 0.3) is 0 Å². The molecule has 2 nitrogen and oxygen atoms in total. The third kappa shape index (κ3) is 1.63. The first-order valence-electron chi connectivity index (χ1n) is 4.87. The van der Waals surface area contributed by atoms with E-state index in [9.17, 15) is 0 Å². The quantitative estimate of drug-likeness (QED) is 0.713. The Kier molecular flexibility index (Phi) is 2.16. The predicted octanol–water partition coefficient (Wildman–Crippen LogP) is 2.56. The first-order valence-corrected chi connectivity index (χ1v) is 4.87. The van der Waals surface area contributed by atoms with Crippen molar-refractivity contribution in [3.05, 3.63) is 23.7 Å². The van der Waals surface area contributed by atoms with Gasteiger partial charge in [0.05, 0.1) is 13.2 Å². The summed E-state index contributed by atoms with van der Waals surface area (Å²) in [4.78, 5) is 0. The second-order valence-corrected chi connectivity index (χ2v) is 4.04. The molecule has 0 bridgehead atoms. The zero-order valence-corrected chi connectivity index (χ0v) is 8.30. The van der Waals surface area contributed by atoms with Crippen LogP contribution in [0.15, 0.2) is 16.5 Å². The monoisotopic (exact) mass is 180 g/mol. The average molecular weight is 180 g/mol. The Labute approximate surface area is 78.9 Å². The number of furan rings is 1. The van der Waals surface area contributed by atoms with Gasteiger partial charge in [0.2, 0.25) is 0 Å². The van der Waals surface area contributed by atoms with Crippen LogP contribution in [-0.2, 0) is 11.2 Å². The van der Waals surface area contributed by atoms with E-state index in [1.807, 2.05) is 13.0 Å². The third-order valence-corrected chi connectivity index (χ3v) is 2.91. The summed E-state index contributed by atoms with van der Waals surface area (Å²) in [6.45, 7) is 5.99. The molecule has 2 rings (SSSR count). The van der Waals surface area contributed by atoms with Crippen LogP contribution in [0, 0.1) is 12.3 Å². The Hall–Kier alpha value is -0.760. The highest BCUT2D eigenvalue weighted by atomic mass is 16.5. The molecule has 1 fully saturated rings. The number of hydrogen-bond acceptors (Lipinski definition) is 2. The Morgan fingerprint density at radius 1 is 1.38 bits per heavy atom. The van der Waals surface area contributed by atoms with Crippen molar-refractivity contribution in [2.75, 3.05) is 13.2 Å². The van der Waals surface area contributed by atoms with Crippen molar-refractivity contribution in [2.24, 2.45) is 5.41 Å². The van der Waals surface area contributed by atoms with Crippen LogP contribution in [0.4, 0.5) is 0 Å². The lowest BCUT2D eigenvalue weighted by Gasteiger charge is -2.40. The van der Waals surface area contributed by atoms with Crippen molar-refractivity contribution < 1.29 is 9.15 Å². The molecular weight excluding hydrogens is 164 g/mol. The van der Waals surface area contributed by atoms with Crippen LogP contribution in [0.1, 0.15) is 24.9 Å². The third-order valence-electron chi connectivity index (χ3n) is 2.91. The summed E-state index contributed by atoms with van der Waals surface area (Å²) in [7, 11) is 0. The lowest BCUT2D eigenvalue weighted by Crippen LogP contribution is -2.43. The predicted molar refractivity (Wildman–Crippen MR) is 50.7 cm³/mol. The molecule has 1 saturated heterocycles. The SMILES string of the molecule is CCC1(Cc2ccc(C)o2)COC1. The van der Waals surface area contributed by atoms with Gasteiger partial charge in [0.15, 0.2) is 0 Å². The van der Waals surface area contributed by atoms with Crippen LogP contribution in [0.5, 0.6) is 0 Å². The van der Waals surface area contributed by atoms with Crippen LogP contribution >= 0.6 is 0 Å². The van der Waals surface area contributed by atoms with E-state index in [1.165, 1.54) is 6.42 Å². The molecule has 1 aromatic rings. The Bertz CT molecular complexity index is 279. The zero-order chi connectivity index (χ0) is 9.31. The highest BCUT2D eigenvalue weighted by Gasteiger charge is 2.37. The van der Waals surface area contributed by atoms with Gasteiger partial charge in [-0.2, -0.15) is 0 Å². The first-order chi connectivity index (χ1) is 6.24. The standard InChI is InChI=1S/C11H16O2/c1-3-11(7-12-8-11)6-10-5-4-9(2)13-10/h4-5H,3,6-8H2,1-2H3. The van der Waals surface area contributed by atoms with E-state index in [2.05, 4.69) is 13.0 Å². The van der Waals surface area contributed by atoms with E-state index >= 15 is 0 Å².